The normalized spacial score (nSPS) is 18.7. The number of carbonyl (C=O) groups is 2. The third-order valence-corrected chi connectivity index (χ3v) is 9.16. The topological polar surface area (TPSA) is 85.1 Å². The zero-order chi connectivity index (χ0) is 31.1. The maximum Gasteiger partial charge on any atom is 0.245 e. The highest BCUT2D eigenvalue weighted by atomic mass is 35.5. The standard InChI is InChI=1S/C32H45Cl3N6O2/c1-22(2)21-41(40-16-14-38(3)15-17-40)26-10-12-39(13-11-26)32(43)30(18-23-4-6-24(33)7-5-23)37-31(42)20-29(36)27-9-8-25(34)19-28(27)35/h4-9,19,22,26,29-30H,10-18,20-21,36H2,1-3H3,(H,37,42)/t29?,30-/m1/s1. The Kier molecular flexibility index (Phi) is 12.6. The first kappa shape index (κ1) is 34.0. The zero-order valence-electron chi connectivity index (χ0n) is 25.4. The second kappa shape index (κ2) is 15.9. The minimum Gasteiger partial charge on any atom is -0.344 e. The van der Waals surface area contributed by atoms with Gasteiger partial charge in [0.2, 0.25) is 11.8 Å². The van der Waals surface area contributed by atoms with E-state index in [1.54, 1.807) is 30.3 Å². The molecule has 236 valence electrons. The van der Waals surface area contributed by atoms with Gasteiger partial charge in [-0.25, -0.2) is 10.0 Å². The summed E-state index contributed by atoms with van der Waals surface area (Å²) in [5.74, 6) is 0.168. The number of halogens is 3. The fourth-order valence-corrected chi connectivity index (χ4v) is 6.62. The van der Waals surface area contributed by atoms with Crippen molar-refractivity contribution in [3.8, 4) is 0 Å². The minimum atomic E-state index is -0.720. The van der Waals surface area contributed by atoms with Crippen LogP contribution in [0, 0.1) is 5.92 Å². The van der Waals surface area contributed by atoms with Gasteiger partial charge in [0.1, 0.15) is 6.04 Å². The lowest BCUT2D eigenvalue weighted by atomic mass is 9.99. The number of nitrogens with two attached hydrogens (primary N) is 1. The number of nitrogens with zero attached hydrogens (tertiary/aromatic N) is 4. The van der Waals surface area contributed by atoms with E-state index in [1.807, 2.05) is 17.0 Å². The summed E-state index contributed by atoms with van der Waals surface area (Å²) in [6.45, 7) is 11.0. The average Bonchev–Trinajstić information content (AvgIpc) is 2.97. The van der Waals surface area contributed by atoms with Crippen molar-refractivity contribution in [1.82, 2.24) is 25.1 Å². The third-order valence-electron chi connectivity index (χ3n) is 8.35. The van der Waals surface area contributed by atoms with E-state index in [-0.39, 0.29) is 18.2 Å². The molecule has 2 aliphatic heterocycles. The van der Waals surface area contributed by atoms with Crippen LogP contribution in [0.1, 0.15) is 50.3 Å². The number of rotatable bonds is 11. The molecule has 0 bridgehead atoms. The van der Waals surface area contributed by atoms with Crippen LogP contribution in [-0.2, 0) is 16.0 Å². The highest BCUT2D eigenvalue weighted by Crippen LogP contribution is 2.27. The number of hydrogen-bond acceptors (Lipinski definition) is 6. The molecule has 0 aliphatic carbocycles. The van der Waals surface area contributed by atoms with Gasteiger partial charge in [-0.1, -0.05) is 66.8 Å². The highest BCUT2D eigenvalue weighted by molar-refractivity contribution is 6.35. The molecular formula is C32H45Cl3N6O2. The summed E-state index contributed by atoms with van der Waals surface area (Å²) in [5.41, 5.74) is 7.90. The fraction of sp³-hybridized carbons (Fsp3) is 0.562. The van der Waals surface area contributed by atoms with E-state index in [9.17, 15) is 9.59 Å². The molecule has 2 aromatic rings. The lowest BCUT2D eigenvalue weighted by Crippen LogP contribution is -2.60. The maximum absolute atomic E-state index is 13.9. The van der Waals surface area contributed by atoms with Gasteiger partial charge in [-0.3, -0.25) is 9.59 Å². The number of benzene rings is 2. The van der Waals surface area contributed by atoms with Crippen molar-refractivity contribution < 1.29 is 9.59 Å². The maximum atomic E-state index is 13.9. The van der Waals surface area contributed by atoms with Crippen LogP contribution in [0.2, 0.25) is 15.1 Å². The van der Waals surface area contributed by atoms with Gasteiger partial charge in [0.25, 0.3) is 0 Å². The molecule has 11 heteroatoms. The molecule has 2 heterocycles. The lowest BCUT2D eigenvalue weighted by Gasteiger charge is -2.47. The first-order valence-electron chi connectivity index (χ1n) is 15.2. The Labute approximate surface area is 271 Å². The largest absolute Gasteiger partial charge is 0.344 e. The van der Waals surface area contributed by atoms with Crippen molar-refractivity contribution in [1.29, 1.82) is 0 Å². The molecule has 2 saturated heterocycles. The van der Waals surface area contributed by atoms with Crippen molar-refractivity contribution in [2.45, 2.75) is 57.7 Å². The van der Waals surface area contributed by atoms with E-state index in [0.717, 1.165) is 51.1 Å². The average molecular weight is 652 g/mol. The first-order chi connectivity index (χ1) is 20.5. The van der Waals surface area contributed by atoms with E-state index in [2.05, 4.69) is 41.1 Å². The summed E-state index contributed by atoms with van der Waals surface area (Å²) in [7, 11) is 2.17. The van der Waals surface area contributed by atoms with Gasteiger partial charge >= 0.3 is 0 Å². The summed E-state index contributed by atoms with van der Waals surface area (Å²) in [6, 6.07) is 11.4. The SMILES string of the molecule is CC(C)CN(C1CCN(C(=O)[C@@H](Cc2ccc(Cl)cc2)NC(=O)CC(N)c2ccc(Cl)cc2Cl)CC1)N1CCN(C)CC1. The molecule has 43 heavy (non-hydrogen) atoms. The van der Waals surface area contributed by atoms with Gasteiger partial charge in [0.15, 0.2) is 0 Å². The molecule has 4 rings (SSSR count). The molecule has 2 amide bonds. The molecule has 2 atom stereocenters. The molecule has 0 spiro atoms. The van der Waals surface area contributed by atoms with Crippen LogP contribution in [0.5, 0.6) is 0 Å². The number of likely N-dealkylation sites (N-methyl/N-ethyl adjacent to an activating group) is 1. The summed E-state index contributed by atoms with van der Waals surface area (Å²) in [5, 5.41) is 9.60. The van der Waals surface area contributed by atoms with E-state index < -0.39 is 12.1 Å². The van der Waals surface area contributed by atoms with Crippen molar-refractivity contribution in [3.05, 3.63) is 68.7 Å². The quantitative estimate of drug-likeness (QED) is 0.361. The summed E-state index contributed by atoms with van der Waals surface area (Å²) in [4.78, 5) is 31.4. The Hall–Kier alpha value is -1.91. The fourth-order valence-electron chi connectivity index (χ4n) is 5.95. The number of carbonyl (C=O) groups excluding carboxylic acids is 2. The first-order valence-corrected chi connectivity index (χ1v) is 16.4. The summed E-state index contributed by atoms with van der Waals surface area (Å²) < 4.78 is 0. The van der Waals surface area contributed by atoms with E-state index in [4.69, 9.17) is 40.5 Å². The van der Waals surface area contributed by atoms with E-state index >= 15 is 0 Å². The van der Waals surface area contributed by atoms with Gasteiger partial charge < -0.3 is 20.9 Å². The Morgan fingerprint density at radius 2 is 1.58 bits per heavy atom. The highest BCUT2D eigenvalue weighted by Gasteiger charge is 2.34. The second-order valence-corrected chi connectivity index (χ2v) is 13.5. The van der Waals surface area contributed by atoms with Crippen molar-refractivity contribution in [3.63, 3.8) is 0 Å². The Morgan fingerprint density at radius 3 is 2.19 bits per heavy atom. The second-order valence-electron chi connectivity index (χ2n) is 12.3. The predicted molar refractivity (Wildman–Crippen MR) is 175 cm³/mol. The van der Waals surface area contributed by atoms with Gasteiger partial charge in [-0.2, -0.15) is 0 Å². The molecule has 0 saturated carbocycles. The number of nitrogens with one attached hydrogen (secondary N) is 1. The van der Waals surface area contributed by atoms with Crippen molar-refractivity contribution in [2.24, 2.45) is 11.7 Å². The van der Waals surface area contributed by atoms with Crippen molar-refractivity contribution >= 4 is 46.6 Å². The summed E-state index contributed by atoms with van der Waals surface area (Å²) >= 11 is 18.5. The smallest absolute Gasteiger partial charge is 0.245 e. The lowest BCUT2D eigenvalue weighted by molar-refractivity contribution is -0.140. The van der Waals surface area contributed by atoms with Crippen LogP contribution in [0.3, 0.4) is 0 Å². The van der Waals surface area contributed by atoms with Crippen molar-refractivity contribution in [2.75, 3.05) is 52.9 Å². The van der Waals surface area contributed by atoms with Crippen LogP contribution in [0.4, 0.5) is 0 Å². The van der Waals surface area contributed by atoms with E-state index in [1.165, 1.54) is 0 Å². The van der Waals surface area contributed by atoms with Gasteiger partial charge in [-0.15, -0.1) is 0 Å². The minimum absolute atomic E-state index is 0.0109. The van der Waals surface area contributed by atoms with Crippen LogP contribution < -0.4 is 11.1 Å². The van der Waals surface area contributed by atoms with Gasteiger partial charge in [-0.05, 0) is 61.2 Å². The molecule has 8 nitrogen and oxygen atoms in total. The zero-order valence-corrected chi connectivity index (χ0v) is 27.7. The van der Waals surface area contributed by atoms with Crippen LogP contribution in [-0.4, -0.2) is 96.6 Å². The molecule has 2 fully saturated rings. The Morgan fingerprint density at radius 1 is 0.953 bits per heavy atom. The molecule has 2 aromatic carbocycles. The van der Waals surface area contributed by atoms with Crippen LogP contribution in [0.15, 0.2) is 42.5 Å². The molecule has 2 aliphatic rings. The Balaban J connectivity index is 1.42. The molecule has 1 unspecified atom stereocenters. The Bertz CT molecular complexity index is 1210. The predicted octanol–water partition coefficient (Wildman–Crippen LogP) is 4.88. The number of amides is 2. The van der Waals surface area contributed by atoms with Crippen LogP contribution >= 0.6 is 34.8 Å². The molecule has 3 N–H and O–H groups in total. The number of likely N-dealkylation sites (tertiary alicyclic amines) is 1. The summed E-state index contributed by atoms with van der Waals surface area (Å²) in [6.07, 6.45) is 2.14. The molecular weight excluding hydrogens is 607 g/mol. The molecule has 0 aromatic heterocycles. The number of piperidine rings is 1. The van der Waals surface area contributed by atoms with Gasteiger partial charge in [0.05, 0.1) is 0 Å². The monoisotopic (exact) mass is 650 g/mol. The molecule has 0 radical (unpaired) electrons. The number of hydrazine groups is 1. The van der Waals surface area contributed by atoms with Gasteiger partial charge in [0, 0.05) is 85.8 Å². The number of piperazine rings is 1. The third kappa shape index (κ3) is 9.79. The van der Waals surface area contributed by atoms with Crippen LogP contribution in [0.25, 0.3) is 0 Å². The van der Waals surface area contributed by atoms with E-state index in [0.29, 0.717) is 52.1 Å². The number of hydrogen-bond donors (Lipinski definition) is 2.